The van der Waals surface area contributed by atoms with Gasteiger partial charge in [-0.1, -0.05) is 56.5 Å². The molecule has 2 amide bonds. The quantitative estimate of drug-likeness (QED) is 0.589. The molecule has 0 spiro atoms. The molecule has 32 heavy (non-hydrogen) atoms. The molecule has 0 radical (unpaired) electrons. The van der Waals surface area contributed by atoms with E-state index in [1.807, 2.05) is 36.4 Å². The lowest BCUT2D eigenvalue weighted by Gasteiger charge is -2.30. The number of benzene rings is 2. The van der Waals surface area contributed by atoms with Crippen molar-refractivity contribution in [3.8, 4) is 5.75 Å². The number of carbonyl (C=O) groups excluding carboxylic acids is 2. The number of nitrogens with zero attached hydrogens (tertiary/aromatic N) is 1. The van der Waals surface area contributed by atoms with E-state index in [4.69, 9.17) is 4.74 Å². The van der Waals surface area contributed by atoms with Crippen LogP contribution < -0.4 is 15.0 Å². The lowest BCUT2D eigenvalue weighted by molar-refractivity contribution is -0.121. The van der Waals surface area contributed by atoms with E-state index in [9.17, 15) is 9.59 Å². The van der Waals surface area contributed by atoms with Gasteiger partial charge in [0.2, 0.25) is 5.91 Å². The minimum absolute atomic E-state index is 0.0504. The molecule has 0 saturated heterocycles. The molecular formula is C27H34N2O3. The molecule has 2 aromatic carbocycles. The molecule has 0 bridgehead atoms. The van der Waals surface area contributed by atoms with E-state index in [0.29, 0.717) is 12.3 Å². The van der Waals surface area contributed by atoms with Crippen molar-refractivity contribution in [3.05, 3.63) is 54.1 Å². The fourth-order valence-corrected chi connectivity index (χ4v) is 4.86. The Balaban J connectivity index is 1.39. The third-order valence-corrected chi connectivity index (χ3v) is 6.82. The minimum atomic E-state index is -0.0534. The van der Waals surface area contributed by atoms with Crippen molar-refractivity contribution < 1.29 is 14.3 Å². The zero-order valence-corrected chi connectivity index (χ0v) is 19.0. The third kappa shape index (κ3) is 5.50. The Hall–Kier alpha value is -2.82. The van der Waals surface area contributed by atoms with Crippen LogP contribution in [0, 0.1) is 11.8 Å². The van der Waals surface area contributed by atoms with Gasteiger partial charge in [0.1, 0.15) is 5.75 Å². The Labute approximate surface area is 191 Å². The van der Waals surface area contributed by atoms with Gasteiger partial charge in [0, 0.05) is 18.2 Å². The van der Waals surface area contributed by atoms with Crippen LogP contribution in [0.5, 0.6) is 5.75 Å². The molecule has 0 unspecified atom stereocenters. The summed E-state index contributed by atoms with van der Waals surface area (Å²) in [5.41, 5.74) is 2.65. The van der Waals surface area contributed by atoms with Crippen LogP contribution in [-0.4, -0.2) is 25.0 Å². The standard InChI is InChI=1S/C27H34N2O3/c1-2-3-7-21-10-12-22(13-11-21)27(31)28-23-14-15-25-24(18-23)29(26(30)19-32-25)17-16-20-8-5-4-6-9-20/h4-6,8-9,14-15,18,21-22H,2-3,7,10-13,16-17,19H2,1H3,(H,28,31). The predicted molar refractivity (Wildman–Crippen MR) is 128 cm³/mol. The number of carbonyl (C=O) groups is 2. The fourth-order valence-electron chi connectivity index (χ4n) is 4.86. The summed E-state index contributed by atoms with van der Waals surface area (Å²) in [5, 5.41) is 3.10. The lowest BCUT2D eigenvalue weighted by Crippen LogP contribution is -2.40. The number of amides is 2. The van der Waals surface area contributed by atoms with Gasteiger partial charge in [-0.3, -0.25) is 9.59 Å². The van der Waals surface area contributed by atoms with E-state index in [-0.39, 0.29) is 24.3 Å². The van der Waals surface area contributed by atoms with Gasteiger partial charge in [0.15, 0.2) is 6.61 Å². The second kappa shape index (κ2) is 10.7. The highest BCUT2D eigenvalue weighted by Crippen LogP contribution is 2.36. The summed E-state index contributed by atoms with van der Waals surface area (Å²) in [6, 6.07) is 15.8. The van der Waals surface area contributed by atoms with Crippen LogP contribution in [0.2, 0.25) is 0 Å². The second-order valence-electron chi connectivity index (χ2n) is 9.10. The van der Waals surface area contributed by atoms with Gasteiger partial charge in [-0.15, -0.1) is 0 Å². The van der Waals surface area contributed by atoms with Gasteiger partial charge in [-0.05, 0) is 61.8 Å². The van der Waals surface area contributed by atoms with Crippen LogP contribution in [0.4, 0.5) is 11.4 Å². The minimum Gasteiger partial charge on any atom is -0.482 e. The van der Waals surface area contributed by atoms with Crippen LogP contribution in [0.25, 0.3) is 0 Å². The van der Waals surface area contributed by atoms with Gasteiger partial charge in [-0.25, -0.2) is 0 Å². The summed E-state index contributed by atoms with van der Waals surface area (Å²) in [6.45, 7) is 2.87. The van der Waals surface area contributed by atoms with E-state index >= 15 is 0 Å². The monoisotopic (exact) mass is 434 g/mol. The average Bonchev–Trinajstić information content (AvgIpc) is 2.83. The Morgan fingerprint density at radius 3 is 2.62 bits per heavy atom. The molecule has 0 aromatic heterocycles. The molecular weight excluding hydrogens is 400 g/mol. The lowest BCUT2D eigenvalue weighted by atomic mass is 9.79. The highest BCUT2D eigenvalue weighted by molar-refractivity contribution is 5.99. The zero-order chi connectivity index (χ0) is 22.3. The maximum atomic E-state index is 12.9. The number of unbranched alkanes of at least 4 members (excludes halogenated alkanes) is 1. The maximum Gasteiger partial charge on any atom is 0.265 e. The van der Waals surface area contributed by atoms with Crippen LogP contribution in [0.1, 0.15) is 57.4 Å². The van der Waals surface area contributed by atoms with E-state index < -0.39 is 0 Å². The highest BCUT2D eigenvalue weighted by atomic mass is 16.5. The summed E-state index contributed by atoms with van der Waals surface area (Å²) in [7, 11) is 0. The topological polar surface area (TPSA) is 58.6 Å². The predicted octanol–water partition coefficient (Wildman–Crippen LogP) is 5.59. The van der Waals surface area contributed by atoms with E-state index in [2.05, 4.69) is 24.4 Å². The number of anilines is 2. The Kier molecular flexibility index (Phi) is 7.46. The number of hydrogen-bond acceptors (Lipinski definition) is 3. The van der Waals surface area contributed by atoms with Crippen LogP contribution in [-0.2, 0) is 16.0 Å². The van der Waals surface area contributed by atoms with E-state index in [0.717, 1.165) is 49.4 Å². The Morgan fingerprint density at radius 1 is 1.09 bits per heavy atom. The van der Waals surface area contributed by atoms with Gasteiger partial charge in [-0.2, -0.15) is 0 Å². The molecule has 2 aromatic rings. The molecule has 4 rings (SSSR count). The number of fused-ring (bicyclic) bond motifs is 1. The molecule has 2 aliphatic rings. The van der Waals surface area contributed by atoms with Crippen molar-refractivity contribution >= 4 is 23.2 Å². The molecule has 1 fully saturated rings. The van der Waals surface area contributed by atoms with Crippen molar-refractivity contribution in [1.29, 1.82) is 0 Å². The number of hydrogen-bond donors (Lipinski definition) is 1. The molecule has 0 atom stereocenters. The summed E-state index contributed by atoms with van der Waals surface area (Å²) in [6.07, 6.45) is 8.83. The third-order valence-electron chi connectivity index (χ3n) is 6.82. The van der Waals surface area contributed by atoms with Gasteiger partial charge < -0.3 is 15.0 Å². The van der Waals surface area contributed by atoms with Crippen LogP contribution >= 0.6 is 0 Å². The first-order chi connectivity index (χ1) is 15.6. The average molecular weight is 435 g/mol. The van der Waals surface area contributed by atoms with E-state index in [1.165, 1.54) is 24.8 Å². The van der Waals surface area contributed by atoms with Gasteiger partial charge in [0.05, 0.1) is 5.69 Å². The van der Waals surface area contributed by atoms with E-state index in [1.54, 1.807) is 4.90 Å². The summed E-state index contributed by atoms with van der Waals surface area (Å²) in [4.78, 5) is 27.2. The molecule has 1 N–H and O–H groups in total. The first-order valence-corrected chi connectivity index (χ1v) is 12.1. The number of nitrogens with one attached hydrogen (secondary N) is 1. The highest BCUT2D eigenvalue weighted by Gasteiger charge is 2.28. The van der Waals surface area contributed by atoms with Gasteiger partial charge in [0.25, 0.3) is 5.91 Å². The maximum absolute atomic E-state index is 12.9. The molecule has 1 aliphatic carbocycles. The SMILES string of the molecule is CCCCC1CCC(C(=O)Nc2ccc3c(c2)N(CCc2ccccc2)C(=O)CO3)CC1. The number of ether oxygens (including phenoxy) is 1. The number of rotatable bonds is 8. The van der Waals surface area contributed by atoms with Crippen LogP contribution in [0.15, 0.2) is 48.5 Å². The van der Waals surface area contributed by atoms with Crippen molar-refractivity contribution in [2.24, 2.45) is 11.8 Å². The second-order valence-corrected chi connectivity index (χ2v) is 9.10. The summed E-state index contributed by atoms with van der Waals surface area (Å²) in [5.74, 6) is 1.59. The molecule has 1 heterocycles. The normalized spacial score (nSPS) is 20.4. The summed E-state index contributed by atoms with van der Waals surface area (Å²) >= 11 is 0. The molecule has 5 heteroatoms. The molecule has 5 nitrogen and oxygen atoms in total. The first-order valence-electron chi connectivity index (χ1n) is 12.1. The summed E-state index contributed by atoms with van der Waals surface area (Å²) < 4.78 is 5.63. The first kappa shape index (κ1) is 22.4. The van der Waals surface area contributed by atoms with Crippen molar-refractivity contribution in [2.45, 2.75) is 58.3 Å². The largest absolute Gasteiger partial charge is 0.482 e. The van der Waals surface area contributed by atoms with Crippen LogP contribution in [0.3, 0.4) is 0 Å². The molecule has 1 aliphatic heterocycles. The zero-order valence-electron chi connectivity index (χ0n) is 19.0. The Bertz CT molecular complexity index is 920. The van der Waals surface area contributed by atoms with Crippen molar-refractivity contribution in [2.75, 3.05) is 23.4 Å². The Morgan fingerprint density at radius 2 is 1.88 bits per heavy atom. The van der Waals surface area contributed by atoms with Crippen molar-refractivity contribution in [3.63, 3.8) is 0 Å². The van der Waals surface area contributed by atoms with Crippen molar-refractivity contribution in [1.82, 2.24) is 0 Å². The van der Waals surface area contributed by atoms with Gasteiger partial charge >= 0.3 is 0 Å². The fraction of sp³-hybridized carbons (Fsp3) is 0.481. The smallest absolute Gasteiger partial charge is 0.265 e. The molecule has 170 valence electrons. The molecule has 1 saturated carbocycles.